The summed E-state index contributed by atoms with van der Waals surface area (Å²) in [6, 6.07) is 12.8. The number of carbonyl (C=O) groups is 2. The van der Waals surface area contributed by atoms with Crippen molar-refractivity contribution in [1.82, 2.24) is 4.90 Å². The van der Waals surface area contributed by atoms with E-state index in [1.54, 1.807) is 12.1 Å². The van der Waals surface area contributed by atoms with Gasteiger partial charge in [-0.3, -0.25) is 14.5 Å². The molecule has 0 radical (unpaired) electrons. The van der Waals surface area contributed by atoms with Crippen LogP contribution in [0.4, 0.5) is 8.78 Å². The van der Waals surface area contributed by atoms with E-state index in [0.717, 1.165) is 23.0 Å². The van der Waals surface area contributed by atoms with Crippen LogP contribution in [0, 0.1) is 11.6 Å². The van der Waals surface area contributed by atoms with Crippen molar-refractivity contribution in [3.05, 3.63) is 71.3 Å². The van der Waals surface area contributed by atoms with Crippen LogP contribution < -0.4 is 0 Å². The van der Waals surface area contributed by atoms with Gasteiger partial charge in [0.15, 0.2) is 14.4 Å². The van der Waals surface area contributed by atoms with Gasteiger partial charge in [0.2, 0.25) is 0 Å². The highest BCUT2D eigenvalue weighted by Crippen LogP contribution is 2.41. The largest absolute Gasteiger partial charge is 0.403 e. The highest BCUT2D eigenvalue weighted by molar-refractivity contribution is 6.73. The number of nitrogens with zero attached hydrogens (tertiary/aromatic N) is 1. The zero-order valence-electron chi connectivity index (χ0n) is 16.8. The summed E-state index contributed by atoms with van der Waals surface area (Å²) in [5.74, 6) is -1.77. The predicted molar refractivity (Wildman–Crippen MR) is 109 cm³/mol. The summed E-state index contributed by atoms with van der Waals surface area (Å²) in [5, 5.41) is 0. The smallest absolute Gasteiger partial charge is 0.261 e. The van der Waals surface area contributed by atoms with Gasteiger partial charge in [-0.15, -0.1) is 0 Å². The van der Waals surface area contributed by atoms with Gasteiger partial charge in [0, 0.05) is 5.56 Å². The summed E-state index contributed by atoms with van der Waals surface area (Å²) in [6.07, 6.45) is -0.767. The van der Waals surface area contributed by atoms with E-state index >= 15 is 0 Å². The van der Waals surface area contributed by atoms with E-state index in [9.17, 15) is 18.4 Å². The van der Waals surface area contributed by atoms with Crippen molar-refractivity contribution in [3.63, 3.8) is 0 Å². The number of benzene rings is 2. The Labute approximate surface area is 170 Å². The average Bonchev–Trinajstić information content (AvgIpc) is 2.74. The summed E-state index contributed by atoms with van der Waals surface area (Å²) in [4.78, 5) is 27.1. The molecule has 4 nitrogen and oxygen atoms in total. The van der Waals surface area contributed by atoms with Crippen molar-refractivity contribution in [1.29, 1.82) is 0 Å². The first-order chi connectivity index (χ1) is 13.9. The molecule has 154 valence electrons. The quantitative estimate of drug-likeness (QED) is 0.359. The summed E-state index contributed by atoms with van der Waals surface area (Å²) in [6.45, 7) is 6.20. The number of hydrogen-bond donors (Lipinski definition) is 0. The molecule has 2 aromatic rings. The van der Waals surface area contributed by atoms with Gasteiger partial charge in [0.25, 0.3) is 11.8 Å². The number of likely N-dealkylation sites (tertiary alicyclic amines) is 1. The third-order valence-corrected chi connectivity index (χ3v) is 10.5. The van der Waals surface area contributed by atoms with Crippen LogP contribution in [0.1, 0.15) is 42.7 Å². The third kappa shape index (κ3) is 4.02. The van der Waals surface area contributed by atoms with Crippen molar-refractivity contribution < 1.29 is 22.8 Å². The maximum absolute atomic E-state index is 13.4. The van der Waals surface area contributed by atoms with E-state index in [1.165, 1.54) is 36.4 Å². The summed E-state index contributed by atoms with van der Waals surface area (Å²) in [5.41, 5.74) is 0.855. The highest BCUT2D eigenvalue weighted by Gasteiger charge is 2.54. The van der Waals surface area contributed by atoms with E-state index in [2.05, 4.69) is 20.8 Å². The maximum Gasteiger partial charge on any atom is 0.261 e. The number of β-lactam (4-membered cyclic amide) rings is 1. The van der Waals surface area contributed by atoms with Crippen molar-refractivity contribution >= 4 is 20.1 Å². The lowest BCUT2D eigenvalue weighted by atomic mass is 9.90. The molecule has 2 amide bonds. The van der Waals surface area contributed by atoms with Gasteiger partial charge >= 0.3 is 0 Å². The maximum atomic E-state index is 13.4. The molecule has 7 heteroatoms. The van der Waals surface area contributed by atoms with E-state index in [4.69, 9.17) is 4.43 Å². The van der Waals surface area contributed by atoms with Gasteiger partial charge < -0.3 is 4.43 Å². The molecule has 2 atom stereocenters. The molecule has 2 aromatic carbocycles. The lowest BCUT2D eigenvalue weighted by molar-refractivity contribution is -0.158. The number of amides is 2. The Morgan fingerprint density at radius 3 is 1.90 bits per heavy atom. The summed E-state index contributed by atoms with van der Waals surface area (Å²) < 4.78 is 33.1. The van der Waals surface area contributed by atoms with E-state index < -0.39 is 43.9 Å². The Morgan fingerprint density at radius 1 is 0.931 bits per heavy atom. The van der Waals surface area contributed by atoms with E-state index in [0.29, 0.717) is 5.56 Å². The molecule has 0 aromatic heterocycles. The highest BCUT2D eigenvalue weighted by atomic mass is 28.4. The molecule has 0 unspecified atom stereocenters. The zero-order chi connectivity index (χ0) is 21.2. The number of imide groups is 1. The fourth-order valence-electron chi connectivity index (χ4n) is 3.79. The van der Waals surface area contributed by atoms with Crippen LogP contribution >= 0.6 is 0 Å². The van der Waals surface area contributed by atoms with Crippen LogP contribution in [-0.2, 0) is 9.22 Å². The minimum atomic E-state index is -2.11. The Kier molecular flexibility index (Phi) is 6.29. The second-order valence-electron chi connectivity index (χ2n) is 7.30. The van der Waals surface area contributed by atoms with Crippen molar-refractivity contribution in [3.8, 4) is 0 Å². The normalized spacial score (nSPS) is 19.2. The third-order valence-electron chi connectivity index (χ3n) is 5.88. The van der Waals surface area contributed by atoms with E-state index in [-0.39, 0.29) is 5.56 Å². The number of rotatable bonds is 7. The first kappa shape index (κ1) is 21.3. The monoisotopic (exact) mass is 417 g/mol. The molecular weight excluding hydrogens is 392 g/mol. The first-order valence-corrected chi connectivity index (χ1v) is 12.4. The molecule has 1 aliphatic heterocycles. The van der Waals surface area contributed by atoms with Crippen LogP contribution in [0.25, 0.3) is 0 Å². The van der Waals surface area contributed by atoms with Crippen LogP contribution in [0.5, 0.6) is 0 Å². The molecule has 0 aliphatic carbocycles. The molecule has 1 aliphatic rings. The van der Waals surface area contributed by atoms with Gasteiger partial charge in [-0.25, -0.2) is 8.78 Å². The van der Waals surface area contributed by atoms with Gasteiger partial charge in [-0.05, 0) is 60.1 Å². The second kappa shape index (κ2) is 8.55. The Balaban J connectivity index is 1.95. The van der Waals surface area contributed by atoms with Crippen LogP contribution in [-0.4, -0.2) is 31.1 Å². The fraction of sp³-hybridized carbons (Fsp3) is 0.364. The molecule has 0 N–H and O–H groups in total. The lowest BCUT2D eigenvalue weighted by Crippen LogP contribution is -2.64. The standard InChI is InChI=1S/C22H25F2NO3Si/c1-4-29(5-2,6-3)28-20-19(15-7-11-17(23)12-8-15)25(22(20)27)21(26)16-9-13-18(24)14-10-16/h7-14,19-20H,4-6H2,1-3H3/t19-,20+/m1/s1. The Bertz CT molecular complexity index is 874. The fourth-order valence-corrected chi connectivity index (χ4v) is 6.56. The lowest BCUT2D eigenvalue weighted by Gasteiger charge is -2.48. The molecule has 29 heavy (non-hydrogen) atoms. The molecule has 0 saturated carbocycles. The van der Waals surface area contributed by atoms with Crippen LogP contribution in [0.3, 0.4) is 0 Å². The summed E-state index contributed by atoms with van der Waals surface area (Å²) in [7, 11) is -2.11. The van der Waals surface area contributed by atoms with Crippen molar-refractivity contribution in [2.75, 3.05) is 0 Å². The number of carbonyl (C=O) groups excluding carboxylic acids is 2. The average molecular weight is 418 g/mol. The molecule has 0 spiro atoms. The first-order valence-electron chi connectivity index (χ1n) is 9.92. The second-order valence-corrected chi connectivity index (χ2v) is 12.0. The van der Waals surface area contributed by atoms with Crippen molar-refractivity contribution in [2.24, 2.45) is 0 Å². The van der Waals surface area contributed by atoms with Crippen LogP contribution in [0.15, 0.2) is 48.5 Å². The molecular formula is C22H25F2NO3Si. The Hall–Kier alpha value is -2.38. The molecule has 0 bridgehead atoms. The minimum absolute atomic E-state index is 0.218. The zero-order valence-corrected chi connectivity index (χ0v) is 17.8. The topological polar surface area (TPSA) is 46.6 Å². The summed E-state index contributed by atoms with van der Waals surface area (Å²) >= 11 is 0. The van der Waals surface area contributed by atoms with Gasteiger partial charge in [0.05, 0.1) is 6.04 Å². The molecule has 1 heterocycles. The predicted octanol–water partition coefficient (Wildman–Crippen LogP) is 5.08. The molecule has 3 rings (SSSR count). The number of hydrogen-bond acceptors (Lipinski definition) is 3. The molecule has 1 fully saturated rings. The van der Waals surface area contributed by atoms with Gasteiger partial charge in [-0.2, -0.15) is 0 Å². The molecule has 1 saturated heterocycles. The van der Waals surface area contributed by atoms with Gasteiger partial charge in [0.1, 0.15) is 11.6 Å². The number of halogens is 2. The van der Waals surface area contributed by atoms with Crippen molar-refractivity contribution in [2.45, 2.75) is 51.0 Å². The van der Waals surface area contributed by atoms with E-state index in [1.807, 2.05) is 0 Å². The van der Waals surface area contributed by atoms with Crippen LogP contribution in [0.2, 0.25) is 18.1 Å². The van der Waals surface area contributed by atoms with Gasteiger partial charge in [-0.1, -0.05) is 32.9 Å². The SMILES string of the molecule is CC[Si](CC)(CC)O[C@@H]1C(=O)N(C(=O)c2ccc(F)cc2)[C@@H]1c1ccc(F)cc1. The minimum Gasteiger partial charge on any atom is -0.403 e. The Morgan fingerprint density at radius 2 is 1.41 bits per heavy atom.